The molecule has 0 saturated heterocycles. The molecule has 0 fully saturated rings. The highest BCUT2D eigenvalue weighted by Gasteiger charge is 2.31. The largest absolute Gasteiger partial charge is 0.573 e. The second-order valence-electron chi connectivity index (χ2n) is 6.07. The molecule has 140 valence electrons. The van der Waals surface area contributed by atoms with Gasteiger partial charge < -0.3 is 10.5 Å². The number of nitrogens with two attached hydrogens (primary N) is 1. The monoisotopic (exact) mass is 370 g/mol. The van der Waals surface area contributed by atoms with E-state index in [1.54, 1.807) is 0 Å². The average Bonchev–Trinajstić information content (AvgIpc) is 3.10. The standard InChI is InChI=1S/C17H18F4N4O/c18-15(9-22)11-1-3-12(4-2-11)16-23-10-25(24-16)13-5-7-14(8-6-13)26-17(19,20)21/h3,5-8,10-11,15H,1-2,4,9,22H2. The van der Waals surface area contributed by atoms with E-state index >= 15 is 0 Å². The third-order valence-electron chi connectivity index (χ3n) is 4.30. The maximum absolute atomic E-state index is 13.6. The fraction of sp³-hybridized carbons (Fsp3) is 0.412. The second kappa shape index (κ2) is 7.45. The lowest BCUT2D eigenvalue weighted by Gasteiger charge is -2.23. The Morgan fingerprint density at radius 3 is 2.58 bits per heavy atom. The van der Waals surface area contributed by atoms with E-state index < -0.39 is 12.5 Å². The predicted molar refractivity (Wildman–Crippen MR) is 87.3 cm³/mol. The first-order valence-corrected chi connectivity index (χ1v) is 8.17. The Balaban J connectivity index is 1.69. The normalized spacial score (nSPS) is 19.1. The van der Waals surface area contributed by atoms with Crippen molar-refractivity contribution in [3.63, 3.8) is 0 Å². The fourth-order valence-corrected chi connectivity index (χ4v) is 2.91. The molecule has 0 aliphatic heterocycles. The Labute approximate surface area is 147 Å². The van der Waals surface area contributed by atoms with E-state index in [0.717, 1.165) is 5.57 Å². The molecule has 1 aliphatic rings. The maximum Gasteiger partial charge on any atom is 0.573 e. The minimum absolute atomic E-state index is 0.0226. The molecule has 1 aromatic carbocycles. The lowest BCUT2D eigenvalue weighted by Crippen LogP contribution is -2.26. The van der Waals surface area contributed by atoms with Gasteiger partial charge in [-0.3, -0.25) is 0 Å². The first-order valence-electron chi connectivity index (χ1n) is 8.17. The summed E-state index contributed by atoms with van der Waals surface area (Å²) in [7, 11) is 0. The van der Waals surface area contributed by atoms with Gasteiger partial charge in [0.1, 0.15) is 18.2 Å². The van der Waals surface area contributed by atoms with Gasteiger partial charge in [0.25, 0.3) is 0 Å². The van der Waals surface area contributed by atoms with E-state index in [0.29, 0.717) is 30.8 Å². The van der Waals surface area contributed by atoms with Crippen LogP contribution in [0.5, 0.6) is 5.75 Å². The van der Waals surface area contributed by atoms with Crippen LogP contribution in [0.25, 0.3) is 11.3 Å². The van der Waals surface area contributed by atoms with Gasteiger partial charge in [-0.1, -0.05) is 6.08 Å². The molecule has 2 N–H and O–H groups in total. The van der Waals surface area contributed by atoms with Crippen molar-refractivity contribution >= 4 is 5.57 Å². The number of nitrogens with zero attached hydrogens (tertiary/aromatic N) is 3. The van der Waals surface area contributed by atoms with Gasteiger partial charge in [0.2, 0.25) is 0 Å². The molecule has 3 rings (SSSR count). The Morgan fingerprint density at radius 1 is 1.27 bits per heavy atom. The Bertz CT molecular complexity index is 770. The molecule has 5 nitrogen and oxygen atoms in total. The lowest BCUT2D eigenvalue weighted by molar-refractivity contribution is -0.274. The zero-order chi connectivity index (χ0) is 18.7. The van der Waals surface area contributed by atoms with Gasteiger partial charge >= 0.3 is 6.36 Å². The molecule has 2 atom stereocenters. The lowest BCUT2D eigenvalue weighted by atomic mass is 9.86. The number of ether oxygens (including phenoxy) is 1. The molecule has 2 unspecified atom stereocenters. The van der Waals surface area contributed by atoms with Gasteiger partial charge in [-0.25, -0.2) is 14.1 Å². The zero-order valence-corrected chi connectivity index (χ0v) is 13.8. The van der Waals surface area contributed by atoms with Crippen LogP contribution in [-0.4, -0.2) is 33.8 Å². The van der Waals surface area contributed by atoms with Gasteiger partial charge in [0.05, 0.1) is 5.69 Å². The van der Waals surface area contributed by atoms with Crippen molar-refractivity contribution in [2.24, 2.45) is 11.7 Å². The number of allylic oxidation sites excluding steroid dienone is 2. The van der Waals surface area contributed by atoms with Crippen molar-refractivity contribution in [2.45, 2.75) is 31.8 Å². The number of benzene rings is 1. The minimum atomic E-state index is -4.73. The first kappa shape index (κ1) is 18.4. The highest BCUT2D eigenvalue weighted by Crippen LogP contribution is 2.31. The molecule has 2 aromatic rings. The van der Waals surface area contributed by atoms with Crippen LogP contribution in [0.4, 0.5) is 17.6 Å². The highest BCUT2D eigenvalue weighted by molar-refractivity contribution is 5.60. The summed E-state index contributed by atoms with van der Waals surface area (Å²) in [5.41, 5.74) is 6.85. The average molecular weight is 370 g/mol. The van der Waals surface area contributed by atoms with E-state index in [9.17, 15) is 17.6 Å². The van der Waals surface area contributed by atoms with Gasteiger partial charge in [-0.05, 0) is 55.0 Å². The Morgan fingerprint density at radius 2 is 2.00 bits per heavy atom. The van der Waals surface area contributed by atoms with Crippen molar-refractivity contribution in [1.29, 1.82) is 0 Å². The Hall–Kier alpha value is -2.42. The van der Waals surface area contributed by atoms with Crippen molar-refractivity contribution in [2.75, 3.05) is 6.54 Å². The number of hydrogen-bond acceptors (Lipinski definition) is 4. The number of halogens is 4. The second-order valence-corrected chi connectivity index (χ2v) is 6.07. The zero-order valence-electron chi connectivity index (χ0n) is 13.8. The van der Waals surface area contributed by atoms with Gasteiger partial charge in [0, 0.05) is 6.54 Å². The smallest absolute Gasteiger partial charge is 0.406 e. The molecule has 1 heterocycles. The molecule has 0 spiro atoms. The summed E-state index contributed by atoms with van der Waals surface area (Å²) in [5.74, 6) is 0.150. The molecular formula is C17H18F4N4O. The fourth-order valence-electron chi connectivity index (χ4n) is 2.91. The van der Waals surface area contributed by atoms with E-state index in [1.165, 1.54) is 35.3 Å². The molecular weight excluding hydrogens is 352 g/mol. The van der Waals surface area contributed by atoms with Crippen molar-refractivity contribution in [1.82, 2.24) is 14.8 Å². The quantitative estimate of drug-likeness (QED) is 0.816. The molecule has 0 amide bonds. The SMILES string of the molecule is NCC(F)C1CC=C(c2ncn(-c3ccc(OC(F)(F)F)cc3)n2)CC1. The van der Waals surface area contributed by atoms with Gasteiger partial charge in [-0.15, -0.1) is 18.3 Å². The van der Waals surface area contributed by atoms with Crippen LogP contribution in [-0.2, 0) is 0 Å². The summed E-state index contributed by atoms with van der Waals surface area (Å²) in [6.45, 7) is 0.0226. The highest BCUT2D eigenvalue weighted by atomic mass is 19.4. The molecule has 0 bridgehead atoms. The first-order chi connectivity index (χ1) is 12.4. The molecule has 9 heteroatoms. The van der Waals surface area contributed by atoms with E-state index in [2.05, 4.69) is 14.8 Å². The number of rotatable bonds is 5. The van der Waals surface area contributed by atoms with Crippen molar-refractivity contribution < 1.29 is 22.3 Å². The van der Waals surface area contributed by atoms with E-state index in [4.69, 9.17) is 5.73 Å². The summed E-state index contributed by atoms with van der Waals surface area (Å²) in [4.78, 5) is 4.24. The van der Waals surface area contributed by atoms with Gasteiger partial charge in [0.15, 0.2) is 5.82 Å². The van der Waals surface area contributed by atoms with Crippen LogP contribution in [0.15, 0.2) is 36.7 Å². The van der Waals surface area contributed by atoms with Gasteiger partial charge in [-0.2, -0.15) is 0 Å². The molecule has 0 saturated carbocycles. The third-order valence-corrected chi connectivity index (χ3v) is 4.30. The molecule has 26 heavy (non-hydrogen) atoms. The van der Waals surface area contributed by atoms with E-state index in [-0.39, 0.29) is 18.2 Å². The van der Waals surface area contributed by atoms with Crippen LogP contribution in [0.1, 0.15) is 25.1 Å². The summed E-state index contributed by atoms with van der Waals surface area (Å²) < 4.78 is 55.5. The number of aromatic nitrogens is 3. The summed E-state index contributed by atoms with van der Waals surface area (Å²) in [6.07, 6.45) is -0.386. The predicted octanol–water partition coefficient (Wildman–Crippen LogP) is 3.65. The summed E-state index contributed by atoms with van der Waals surface area (Å²) >= 11 is 0. The van der Waals surface area contributed by atoms with Crippen LogP contribution in [0.2, 0.25) is 0 Å². The topological polar surface area (TPSA) is 66.0 Å². The number of hydrogen-bond donors (Lipinski definition) is 1. The van der Waals surface area contributed by atoms with Crippen molar-refractivity contribution in [3.8, 4) is 11.4 Å². The molecule has 0 radical (unpaired) electrons. The van der Waals surface area contributed by atoms with Crippen LogP contribution >= 0.6 is 0 Å². The number of alkyl halides is 4. The third kappa shape index (κ3) is 4.40. The van der Waals surface area contributed by atoms with Crippen LogP contribution < -0.4 is 10.5 Å². The minimum Gasteiger partial charge on any atom is -0.406 e. The molecule has 1 aromatic heterocycles. The summed E-state index contributed by atoms with van der Waals surface area (Å²) in [6, 6.07) is 5.34. The van der Waals surface area contributed by atoms with Crippen LogP contribution in [0, 0.1) is 5.92 Å². The summed E-state index contributed by atoms with van der Waals surface area (Å²) in [5, 5.41) is 4.35. The molecule has 1 aliphatic carbocycles. The maximum atomic E-state index is 13.6. The van der Waals surface area contributed by atoms with Crippen LogP contribution in [0.3, 0.4) is 0 Å². The van der Waals surface area contributed by atoms with Crippen molar-refractivity contribution in [3.05, 3.63) is 42.5 Å². The Kier molecular flexibility index (Phi) is 5.26. The van der Waals surface area contributed by atoms with E-state index in [1.807, 2.05) is 6.08 Å².